The summed E-state index contributed by atoms with van der Waals surface area (Å²) in [5, 5.41) is 16.1. The molecule has 1 fully saturated rings. The Morgan fingerprint density at radius 1 is 1.15 bits per heavy atom. The molecule has 1 amide bonds. The predicted molar refractivity (Wildman–Crippen MR) is 139 cm³/mol. The lowest BCUT2D eigenvalue weighted by Gasteiger charge is -2.13. The average molecular weight is 510 g/mol. The quantitative estimate of drug-likeness (QED) is 0.350. The molecule has 172 valence electrons. The van der Waals surface area contributed by atoms with E-state index in [0.29, 0.717) is 31.8 Å². The summed E-state index contributed by atoms with van der Waals surface area (Å²) in [6, 6.07) is 20.8. The molecule has 3 aromatic rings. The number of hydrogen-bond donors (Lipinski definition) is 2. The third-order valence-corrected chi connectivity index (χ3v) is 6.81. The molecular weight excluding hydrogens is 489 g/mol. The number of ether oxygens (including phenoxy) is 1. The minimum absolute atomic E-state index is 0.161. The number of carbonyl (C=O) groups is 1. The zero-order chi connectivity index (χ0) is 24.1. The van der Waals surface area contributed by atoms with Crippen molar-refractivity contribution in [1.82, 2.24) is 5.32 Å². The van der Waals surface area contributed by atoms with Crippen molar-refractivity contribution in [2.45, 2.75) is 25.4 Å². The summed E-state index contributed by atoms with van der Waals surface area (Å²) in [4.78, 5) is 13.0. The Morgan fingerprint density at radius 2 is 1.85 bits per heavy atom. The maximum Gasteiger partial charge on any atom is 0.260 e. The first-order chi connectivity index (χ1) is 16.5. The fourth-order valence-corrected chi connectivity index (χ4v) is 5.01. The van der Waals surface area contributed by atoms with Crippen LogP contribution in [0.2, 0.25) is 10.0 Å². The second-order valence-corrected chi connectivity index (χ2v) is 9.51. The predicted octanol–water partition coefficient (Wildman–Crippen LogP) is 6.61. The van der Waals surface area contributed by atoms with E-state index >= 15 is 0 Å². The van der Waals surface area contributed by atoms with Crippen LogP contribution in [0.4, 0.5) is 5.69 Å². The van der Waals surface area contributed by atoms with Gasteiger partial charge in [0, 0.05) is 11.3 Å². The van der Waals surface area contributed by atoms with E-state index in [1.807, 2.05) is 24.3 Å². The van der Waals surface area contributed by atoms with Crippen molar-refractivity contribution in [1.29, 1.82) is 5.26 Å². The lowest BCUT2D eigenvalue weighted by Crippen LogP contribution is -2.30. The number of halogens is 2. The third kappa shape index (κ3) is 5.68. The molecule has 0 saturated carbocycles. The Morgan fingerprint density at radius 3 is 2.53 bits per heavy atom. The van der Waals surface area contributed by atoms with Crippen molar-refractivity contribution >= 4 is 52.6 Å². The van der Waals surface area contributed by atoms with Gasteiger partial charge < -0.3 is 15.4 Å². The molecule has 3 aromatic carbocycles. The van der Waals surface area contributed by atoms with E-state index in [1.54, 1.807) is 30.3 Å². The molecule has 0 radical (unpaired) electrons. The molecule has 0 unspecified atom stereocenters. The number of nitriles is 1. The highest BCUT2D eigenvalue weighted by molar-refractivity contribution is 8.05. The molecule has 0 spiro atoms. The van der Waals surface area contributed by atoms with Crippen molar-refractivity contribution in [3.05, 3.63) is 97.9 Å². The molecule has 0 aromatic heterocycles. The summed E-state index contributed by atoms with van der Waals surface area (Å²) in [5.74, 6) is 0.158. The standard InChI is InChI=1S/C26H21Cl2N3O2S/c1-2-16-7-9-20(10-8-16)30-26-31-25(32)23(34-26)13-17-11-21(27)24(22(28)12-17)33-15-19-6-4-3-5-18(19)14-29/h3-13,26,30H,2,15H2,1H3,(H,31,32)/b23-13-/t26-/m1/s1. The van der Waals surface area contributed by atoms with Gasteiger partial charge in [-0.1, -0.05) is 72.2 Å². The van der Waals surface area contributed by atoms with Gasteiger partial charge in [0.1, 0.15) is 6.61 Å². The van der Waals surface area contributed by atoms with Crippen LogP contribution < -0.4 is 15.4 Å². The highest BCUT2D eigenvalue weighted by Gasteiger charge is 2.27. The van der Waals surface area contributed by atoms with Crippen molar-refractivity contribution < 1.29 is 9.53 Å². The number of rotatable bonds is 7. The monoisotopic (exact) mass is 509 g/mol. The third-order valence-electron chi connectivity index (χ3n) is 5.22. The summed E-state index contributed by atoms with van der Waals surface area (Å²) in [6.45, 7) is 2.27. The van der Waals surface area contributed by atoms with Gasteiger partial charge in [-0.25, -0.2) is 0 Å². The number of amides is 1. The van der Waals surface area contributed by atoms with Gasteiger partial charge in [-0.3, -0.25) is 4.79 Å². The number of nitrogens with one attached hydrogen (secondary N) is 2. The SMILES string of the molecule is CCc1ccc(N[C@@H]2NC(=O)/C(=C/c3cc(Cl)c(OCc4ccccc4C#N)c(Cl)c3)S2)cc1. The molecule has 1 aliphatic rings. The topological polar surface area (TPSA) is 74.2 Å². The van der Waals surface area contributed by atoms with E-state index in [-0.39, 0.29) is 18.0 Å². The Labute approximate surface area is 212 Å². The number of hydrogen-bond acceptors (Lipinski definition) is 5. The van der Waals surface area contributed by atoms with Crippen LogP contribution in [0.1, 0.15) is 29.2 Å². The van der Waals surface area contributed by atoms with Gasteiger partial charge in [0.25, 0.3) is 5.91 Å². The molecule has 0 bridgehead atoms. The highest BCUT2D eigenvalue weighted by Crippen LogP contribution is 2.37. The van der Waals surface area contributed by atoms with Crippen LogP contribution in [0.15, 0.2) is 65.6 Å². The van der Waals surface area contributed by atoms with Gasteiger partial charge in [0.2, 0.25) is 0 Å². The van der Waals surface area contributed by atoms with E-state index in [0.717, 1.165) is 17.7 Å². The summed E-state index contributed by atoms with van der Waals surface area (Å²) < 4.78 is 5.81. The molecule has 8 heteroatoms. The fraction of sp³-hybridized carbons (Fsp3) is 0.154. The molecule has 1 atom stereocenters. The number of carbonyl (C=O) groups excluding carboxylic acids is 1. The van der Waals surface area contributed by atoms with Crippen LogP contribution in [0.3, 0.4) is 0 Å². The number of thioether (sulfide) groups is 1. The Balaban J connectivity index is 1.45. The van der Waals surface area contributed by atoms with Gasteiger partial charge >= 0.3 is 0 Å². The van der Waals surface area contributed by atoms with Crippen LogP contribution in [0.5, 0.6) is 5.75 Å². The fourth-order valence-electron chi connectivity index (χ4n) is 3.41. The molecule has 0 aliphatic carbocycles. The maximum atomic E-state index is 12.5. The summed E-state index contributed by atoms with van der Waals surface area (Å²) in [7, 11) is 0. The lowest BCUT2D eigenvalue weighted by atomic mass is 10.1. The van der Waals surface area contributed by atoms with Gasteiger partial charge in [-0.05, 0) is 54.0 Å². The highest BCUT2D eigenvalue weighted by atomic mass is 35.5. The Bertz CT molecular complexity index is 1260. The molecule has 2 N–H and O–H groups in total. The minimum Gasteiger partial charge on any atom is -0.486 e. The van der Waals surface area contributed by atoms with Gasteiger partial charge in [0.15, 0.2) is 11.2 Å². The van der Waals surface area contributed by atoms with E-state index < -0.39 is 0 Å². The largest absolute Gasteiger partial charge is 0.486 e. The van der Waals surface area contributed by atoms with Crippen molar-refractivity contribution in [2.75, 3.05) is 5.32 Å². The van der Waals surface area contributed by atoms with Gasteiger partial charge in [-0.15, -0.1) is 0 Å². The van der Waals surface area contributed by atoms with Crippen LogP contribution in [0.25, 0.3) is 6.08 Å². The van der Waals surface area contributed by atoms with Crippen LogP contribution >= 0.6 is 35.0 Å². The molecule has 1 heterocycles. The van der Waals surface area contributed by atoms with E-state index in [4.69, 9.17) is 27.9 Å². The first kappa shape index (κ1) is 24.0. The normalized spacial score (nSPS) is 16.2. The van der Waals surface area contributed by atoms with Crippen molar-refractivity contribution in [3.63, 3.8) is 0 Å². The second kappa shape index (κ2) is 10.9. The zero-order valence-corrected chi connectivity index (χ0v) is 20.6. The number of benzene rings is 3. The Hall–Kier alpha value is -3.11. The lowest BCUT2D eigenvalue weighted by molar-refractivity contribution is -0.116. The van der Waals surface area contributed by atoms with Crippen molar-refractivity contribution in [3.8, 4) is 11.8 Å². The molecule has 5 nitrogen and oxygen atoms in total. The summed E-state index contributed by atoms with van der Waals surface area (Å²) in [6.07, 6.45) is 2.72. The van der Waals surface area contributed by atoms with E-state index in [1.165, 1.54) is 17.3 Å². The van der Waals surface area contributed by atoms with Crippen molar-refractivity contribution in [2.24, 2.45) is 0 Å². The van der Waals surface area contributed by atoms with Crippen LogP contribution in [-0.4, -0.2) is 11.4 Å². The minimum atomic E-state index is -0.278. The van der Waals surface area contributed by atoms with E-state index in [2.05, 4.69) is 35.8 Å². The second-order valence-electron chi connectivity index (χ2n) is 7.55. The summed E-state index contributed by atoms with van der Waals surface area (Å²) >= 11 is 14.3. The number of aryl methyl sites for hydroxylation is 1. The van der Waals surface area contributed by atoms with Gasteiger partial charge in [0.05, 0.1) is 26.6 Å². The zero-order valence-electron chi connectivity index (χ0n) is 18.3. The molecule has 1 aliphatic heterocycles. The van der Waals surface area contributed by atoms with E-state index in [9.17, 15) is 10.1 Å². The average Bonchev–Trinajstić information content (AvgIpc) is 3.17. The van der Waals surface area contributed by atoms with Gasteiger partial charge in [-0.2, -0.15) is 5.26 Å². The number of nitrogens with zero attached hydrogens (tertiary/aromatic N) is 1. The number of anilines is 1. The molecule has 1 saturated heterocycles. The molecule has 4 rings (SSSR count). The molecule has 34 heavy (non-hydrogen) atoms. The smallest absolute Gasteiger partial charge is 0.260 e. The van der Waals surface area contributed by atoms with Crippen LogP contribution in [-0.2, 0) is 17.8 Å². The maximum absolute atomic E-state index is 12.5. The van der Waals surface area contributed by atoms with Crippen LogP contribution in [0, 0.1) is 11.3 Å². The molecular formula is C26H21Cl2N3O2S. The first-order valence-electron chi connectivity index (χ1n) is 10.6. The first-order valence-corrected chi connectivity index (χ1v) is 12.2. The summed E-state index contributed by atoms with van der Waals surface area (Å²) in [5.41, 5.74) is 3.87. The Kier molecular flexibility index (Phi) is 7.69.